The third-order valence-electron chi connectivity index (χ3n) is 5.12. The van der Waals surface area contributed by atoms with E-state index in [9.17, 15) is 27.2 Å². The first kappa shape index (κ1) is 25.7. The highest BCUT2D eigenvalue weighted by atomic mass is 19.4. The molecule has 4 rings (SSSR count). The Bertz CT molecular complexity index is 1480. The lowest BCUT2D eigenvalue weighted by Gasteiger charge is -2.14. The number of esters is 1. The smallest absolute Gasteiger partial charge is 0.453 e. The summed E-state index contributed by atoms with van der Waals surface area (Å²) in [6.45, 7) is 2.00. The maximum Gasteiger partial charge on any atom is 0.453 e. The molecule has 1 aromatic heterocycles. The van der Waals surface area contributed by atoms with Gasteiger partial charge in [-0.25, -0.2) is 9.18 Å². The van der Waals surface area contributed by atoms with E-state index in [4.69, 9.17) is 18.6 Å². The molecule has 0 saturated heterocycles. The van der Waals surface area contributed by atoms with Crippen LogP contribution in [-0.2, 0) is 17.5 Å². The molecule has 192 valence electrons. The highest BCUT2D eigenvalue weighted by Gasteiger charge is 2.40. The molecule has 0 N–H and O–H groups in total. The Hall–Kier alpha value is -4.34. The molecule has 0 atom stereocenters. The maximum absolute atomic E-state index is 13.8. The lowest BCUT2D eigenvalue weighted by molar-refractivity contribution is -0.154. The number of fused-ring (bicyclic) bond motifs is 1. The van der Waals surface area contributed by atoms with Crippen molar-refractivity contribution in [1.29, 1.82) is 0 Å². The summed E-state index contributed by atoms with van der Waals surface area (Å²) in [7, 11) is 0. The molecule has 0 aliphatic rings. The zero-order valence-electron chi connectivity index (χ0n) is 19.4. The second-order valence-corrected chi connectivity index (χ2v) is 7.93. The Labute approximate surface area is 208 Å². The molecule has 1 heterocycles. The third-order valence-corrected chi connectivity index (χ3v) is 5.12. The average Bonchev–Trinajstić information content (AvgIpc) is 2.87. The van der Waals surface area contributed by atoms with Crippen LogP contribution in [-0.4, -0.2) is 12.6 Å². The molecule has 0 aliphatic carbocycles. The molecule has 0 fully saturated rings. The molecule has 0 spiro atoms. The van der Waals surface area contributed by atoms with E-state index in [0.717, 1.165) is 6.07 Å². The van der Waals surface area contributed by atoms with Gasteiger partial charge in [0.05, 0.1) is 17.6 Å². The first-order valence-corrected chi connectivity index (χ1v) is 11.2. The number of alkyl halides is 3. The van der Waals surface area contributed by atoms with Gasteiger partial charge in [-0.15, -0.1) is 0 Å². The number of hydrogen-bond donors (Lipinski definition) is 0. The Morgan fingerprint density at radius 3 is 2.38 bits per heavy atom. The minimum absolute atomic E-state index is 0.0528. The van der Waals surface area contributed by atoms with Crippen molar-refractivity contribution < 1.29 is 41.0 Å². The zero-order valence-corrected chi connectivity index (χ0v) is 19.4. The van der Waals surface area contributed by atoms with Crippen molar-refractivity contribution in [2.75, 3.05) is 6.61 Å². The summed E-state index contributed by atoms with van der Waals surface area (Å²) in [5.41, 5.74) is -0.730. The van der Waals surface area contributed by atoms with Crippen LogP contribution in [0.3, 0.4) is 0 Å². The summed E-state index contributed by atoms with van der Waals surface area (Å²) >= 11 is 0. The Morgan fingerprint density at radius 1 is 0.973 bits per heavy atom. The largest absolute Gasteiger partial charge is 0.489 e. The first-order valence-electron chi connectivity index (χ1n) is 11.2. The molecular weight excluding hydrogens is 496 g/mol. The summed E-state index contributed by atoms with van der Waals surface area (Å²) in [6, 6.07) is 14.5. The average molecular weight is 516 g/mol. The quantitative estimate of drug-likeness (QED) is 0.188. The van der Waals surface area contributed by atoms with Gasteiger partial charge in [-0.2, -0.15) is 13.2 Å². The van der Waals surface area contributed by atoms with Gasteiger partial charge in [-0.05, 0) is 60.5 Å². The maximum atomic E-state index is 13.8. The standard InChI is InChI=1S/C27H20F4O6/c1-2-12-34-26(33)17-6-8-19(9-7-17)36-24-23(32)21-11-10-20(14-22(21)37-25(24)27(29,30)31)35-15-16-4-3-5-18(28)13-16/h3-11,13-14H,2,12,15H2,1H3. The van der Waals surface area contributed by atoms with Crippen LogP contribution in [0.5, 0.6) is 17.2 Å². The van der Waals surface area contributed by atoms with E-state index >= 15 is 0 Å². The summed E-state index contributed by atoms with van der Waals surface area (Å²) in [6.07, 6.45) is -4.42. The van der Waals surface area contributed by atoms with Crippen LogP contribution in [0.25, 0.3) is 11.0 Å². The van der Waals surface area contributed by atoms with Gasteiger partial charge in [0.25, 0.3) is 5.76 Å². The minimum atomic E-state index is -5.05. The van der Waals surface area contributed by atoms with Crippen LogP contribution in [0.2, 0.25) is 0 Å². The topological polar surface area (TPSA) is 75.0 Å². The number of carbonyl (C=O) groups is 1. The van der Waals surface area contributed by atoms with E-state index in [1.165, 1.54) is 54.6 Å². The van der Waals surface area contributed by atoms with E-state index in [1.54, 1.807) is 6.07 Å². The van der Waals surface area contributed by atoms with Crippen LogP contribution < -0.4 is 14.9 Å². The molecule has 6 nitrogen and oxygen atoms in total. The minimum Gasteiger partial charge on any atom is -0.489 e. The number of benzene rings is 3. The van der Waals surface area contributed by atoms with Gasteiger partial charge >= 0.3 is 12.1 Å². The number of ether oxygens (including phenoxy) is 3. The lowest BCUT2D eigenvalue weighted by atomic mass is 10.2. The molecule has 0 radical (unpaired) electrons. The van der Waals surface area contributed by atoms with Crippen LogP contribution >= 0.6 is 0 Å². The monoisotopic (exact) mass is 516 g/mol. The van der Waals surface area contributed by atoms with E-state index in [0.29, 0.717) is 12.0 Å². The normalized spacial score (nSPS) is 11.4. The molecule has 4 aromatic rings. The molecule has 37 heavy (non-hydrogen) atoms. The molecule has 0 saturated carbocycles. The van der Waals surface area contributed by atoms with E-state index < -0.39 is 34.9 Å². The van der Waals surface area contributed by atoms with Crippen LogP contribution in [0.4, 0.5) is 17.6 Å². The van der Waals surface area contributed by atoms with Crippen molar-refractivity contribution >= 4 is 16.9 Å². The van der Waals surface area contributed by atoms with Gasteiger partial charge < -0.3 is 18.6 Å². The Kier molecular flexibility index (Phi) is 7.47. The van der Waals surface area contributed by atoms with E-state index in [-0.39, 0.29) is 41.2 Å². The van der Waals surface area contributed by atoms with Crippen LogP contribution in [0.15, 0.2) is 75.9 Å². The van der Waals surface area contributed by atoms with E-state index in [1.807, 2.05) is 6.92 Å². The summed E-state index contributed by atoms with van der Waals surface area (Å²) in [5.74, 6) is -3.72. The zero-order chi connectivity index (χ0) is 26.6. The van der Waals surface area contributed by atoms with E-state index in [2.05, 4.69) is 0 Å². The van der Waals surface area contributed by atoms with Gasteiger partial charge in [0, 0.05) is 6.07 Å². The van der Waals surface area contributed by atoms with Crippen molar-refractivity contribution in [2.45, 2.75) is 26.1 Å². The Morgan fingerprint density at radius 2 is 1.70 bits per heavy atom. The molecule has 0 unspecified atom stereocenters. The SMILES string of the molecule is CCCOC(=O)c1ccc(Oc2c(C(F)(F)F)oc3cc(OCc4cccc(F)c4)ccc3c2=O)cc1. The summed E-state index contributed by atoms with van der Waals surface area (Å²) in [5, 5.41) is -0.166. The highest BCUT2D eigenvalue weighted by Crippen LogP contribution is 2.38. The van der Waals surface area contributed by atoms with Crippen LogP contribution in [0.1, 0.15) is 35.0 Å². The van der Waals surface area contributed by atoms with Gasteiger partial charge in [0.15, 0.2) is 0 Å². The Balaban J connectivity index is 1.64. The molecule has 0 aliphatic heterocycles. The van der Waals surface area contributed by atoms with Crippen molar-refractivity contribution in [2.24, 2.45) is 0 Å². The predicted octanol–water partition coefficient (Wildman–Crippen LogP) is 6.89. The van der Waals surface area contributed by atoms with Crippen molar-refractivity contribution in [1.82, 2.24) is 0 Å². The summed E-state index contributed by atoms with van der Waals surface area (Å²) in [4.78, 5) is 24.9. The van der Waals surface area contributed by atoms with Gasteiger partial charge in [0.1, 0.15) is 29.5 Å². The van der Waals surface area contributed by atoms with Crippen molar-refractivity contribution in [3.05, 3.63) is 99.7 Å². The molecule has 3 aromatic carbocycles. The number of hydrogen-bond acceptors (Lipinski definition) is 6. The van der Waals surface area contributed by atoms with Gasteiger partial charge in [-0.1, -0.05) is 19.1 Å². The molecule has 10 heteroatoms. The number of rotatable bonds is 8. The van der Waals surface area contributed by atoms with Gasteiger partial charge in [-0.3, -0.25) is 4.79 Å². The number of carbonyl (C=O) groups excluding carboxylic acids is 1. The van der Waals surface area contributed by atoms with Crippen molar-refractivity contribution in [3.63, 3.8) is 0 Å². The predicted molar refractivity (Wildman–Crippen MR) is 125 cm³/mol. The van der Waals surface area contributed by atoms with Gasteiger partial charge in [0.2, 0.25) is 11.2 Å². The first-order chi connectivity index (χ1) is 17.7. The fourth-order valence-electron chi connectivity index (χ4n) is 3.37. The molecule has 0 amide bonds. The fraction of sp³-hybridized carbons (Fsp3) is 0.185. The van der Waals surface area contributed by atoms with Crippen LogP contribution in [0, 0.1) is 5.82 Å². The molecule has 0 bridgehead atoms. The fourth-order valence-corrected chi connectivity index (χ4v) is 3.37. The lowest BCUT2D eigenvalue weighted by Crippen LogP contribution is -2.15. The highest BCUT2D eigenvalue weighted by molar-refractivity contribution is 5.89. The van der Waals surface area contributed by atoms with Crippen molar-refractivity contribution in [3.8, 4) is 17.2 Å². The second kappa shape index (κ2) is 10.7. The number of halogens is 4. The molecular formula is C27H20F4O6. The third kappa shape index (κ3) is 6.08. The summed E-state index contributed by atoms with van der Waals surface area (Å²) < 4.78 is 75.7. The second-order valence-electron chi connectivity index (χ2n) is 7.93.